The Morgan fingerprint density at radius 1 is 1.21 bits per heavy atom. The van der Waals surface area contributed by atoms with Crippen LogP contribution in [0.4, 0.5) is 10.5 Å². The summed E-state index contributed by atoms with van der Waals surface area (Å²) in [5.41, 5.74) is 11.2. The van der Waals surface area contributed by atoms with Crippen LogP contribution < -0.4 is 20.5 Å². The van der Waals surface area contributed by atoms with Crippen LogP contribution in [0.1, 0.15) is 29.2 Å². The highest BCUT2D eigenvalue weighted by Crippen LogP contribution is 2.34. The number of rotatable bonds is 3. The fourth-order valence-electron chi connectivity index (χ4n) is 3.37. The van der Waals surface area contributed by atoms with E-state index in [1.807, 2.05) is 44.2 Å². The van der Waals surface area contributed by atoms with Gasteiger partial charge in [0, 0.05) is 23.9 Å². The molecule has 0 saturated carbocycles. The Bertz CT molecular complexity index is 939. The maximum atomic E-state index is 12.5. The van der Waals surface area contributed by atoms with Crippen molar-refractivity contribution in [3.05, 3.63) is 52.6 Å². The smallest absolute Gasteiger partial charge is 0.337 e. The first-order valence-corrected chi connectivity index (χ1v) is 9.10. The number of nitrogen functional groups attached to an aromatic ring is 1. The third kappa shape index (κ3) is 3.47. The fraction of sp³-hybridized carbons (Fsp3) is 0.333. The number of carbonyl (C=O) groups is 1. The Morgan fingerprint density at radius 2 is 1.89 bits per heavy atom. The lowest BCUT2D eigenvalue weighted by Crippen LogP contribution is -2.41. The quantitative estimate of drug-likeness (QED) is 0.799. The number of aryl methyl sites for hydroxylation is 1. The molecule has 3 rings (SSSR count). The van der Waals surface area contributed by atoms with Crippen LogP contribution in [-0.2, 0) is 6.42 Å². The van der Waals surface area contributed by atoms with Gasteiger partial charge >= 0.3 is 6.03 Å². The summed E-state index contributed by atoms with van der Waals surface area (Å²) < 4.78 is 11.0. The van der Waals surface area contributed by atoms with Crippen molar-refractivity contribution in [2.24, 2.45) is 5.10 Å². The number of carbonyl (C=O) groups excluding carboxylic acids is 1. The molecule has 2 aromatic carbocycles. The minimum absolute atomic E-state index is 0.135. The zero-order valence-electron chi connectivity index (χ0n) is 16.9. The Labute approximate surface area is 165 Å². The largest absolute Gasteiger partial charge is 0.493 e. The highest BCUT2D eigenvalue weighted by molar-refractivity contribution is 6.14. The Hall–Kier alpha value is -3.22. The predicted octanol–water partition coefficient (Wildman–Crippen LogP) is 2.93. The predicted molar refractivity (Wildman–Crippen MR) is 110 cm³/mol. The van der Waals surface area contributed by atoms with E-state index in [4.69, 9.17) is 20.3 Å². The van der Waals surface area contributed by atoms with Gasteiger partial charge in [-0.05, 0) is 55.7 Å². The van der Waals surface area contributed by atoms with Gasteiger partial charge in [0.1, 0.15) is 0 Å². The van der Waals surface area contributed by atoms with Gasteiger partial charge in [-0.3, -0.25) is 0 Å². The van der Waals surface area contributed by atoms with Gasteiger partial charge in [0.15, 0.2) is 11.5 Å². The van der Waals surface area contributed by atoms with E-state index < -0.39 is 0 Å². The summed E-state index contributed by atoms with van der Waals surface area (Å²) in [6.45, 7) is 3.92. The minimum Gasteiger partial charge on any atom is -0.493 e. The molecule has 0 radical (unpaired) electrons. The number of methoxy groups -OCH3 is 2. The summed E-state index contributed by atoms with van der Waals surface area (Å²) in [5.74, 6) is 1.26. The summed E-state index contributed by atoms with van der Waals surface area (Å²) >= 11 is 0. The summed E-state index contributed by atoms with van der Waals surface area (Å²) in [5, 5.41) is 8.90. The van der Waals surface area contributed by atoms with Crippen LogP contribution in [0.15, 0.2) is 35.4 Å². The van der Waals surface area contributed by atoms with Crippen LogP contribution >= 0.6 is 0 Å². The molecule has 1 atom stereocenters. The lowest BCUT2D eigenvalue weighted by molar-refractivity contribution is 0.184. The molecule has 1 heterocycles. The number of anilines is 1. The van der Waals surface area contributed by atoms with Gasteiger partial charge in [0.2, 0.25) is 0 Å². The third-order valence-corrected chi connectivity index (χ3v) is 4.97. The number of hydrazone groups is 1. The van der Waals surface area contributed by atoms with Gasteiger partial charge in [0.25, 0.3) is 0 Å². The van der Waals surface area contributed by atoms with Crippen molar-refractivity contribution in [2.75, 3.05) is 27.0 Å². The molecule has 7 nitrogen and oxygen atoms in total. The van der Waals surface area contributed by atoms with Crippen LogP contribution in [0.5, 0.6) is 11.5 Å². The van der Waals surface area contributed by atoms with Crippen LogP contribution in [-0.4, -0.2) is 44.1 Å². The Balaban J connectivity index is 2.27. The van der Waals surface area contributed by atoms with Crippen molar-refractivity contribution in [3.8, 4) is 11.5 Å². The normalized spacial score (nSPS) is 16.0. The van der Waals surface area contributed by atoms with Gasteiger partial charge in [-0.25, -0.2) is 9.80 Å². The second-order valence-corrected chi connectivity index (χ2v) is 6.84. The number of benzene rings is 2. The zero-order chi connectivity index (χ0) is 20.4. The number of nitrogens with two attached hydrogens (primary N) is 1. The van der Waals surface area contributed by atoms with E-state index in [1.165, 1.54) is 5.01 Å². The SMILES string of the molecule is CNC(=O)N1N=C(c2ccc(N)c(C)c2)c2cc(OC)c(OC)cc2C[C@H]1C. The molecule has 0 aliphatic carbocycles. The summed E-state index contributed by atoms with van der Waals surface area (Å²) in [7, 11) is 4.81. The average molecular weight is 382 g/mol. The zero-order valence-corrected chi connectivity index (χ0v) is 16.9. The van der Waals surface area contributed by atoms with E-state index in [0.29, 0.717) is 29.3 Å². The molecule has 1 aliphatic heterocycles. The van der Waals surface area contributed by atoms with Gasteiger partial charge in [-0.15, -0.1) is 0 Å². The van der Waals surface area contributed by atoms with Crippen molar-refractivity contribution in [1.82, 2.24) is 10.3 Å². The van der Waals surface area contributed by atoms with Gasteiger partial charge in [-0.1, -0.05) is 6.07 Å². The van der Waals surface area contributed by atoms with E-state index in [1.54, 1.807) is 21.3 Å². The monoisotopic (exact) mass is 382 g/mol. The van der Waals surface area contributed by atoms with E-state index in [0.717, 1.165) is 22.3 Å². The maximum Gasteiger partial charge on any atom is 0.337 e. The van der Waals surface area contributed by atoms with Crippen LogP contribution in [0.2, 0.25) is 0 Å². The highest BCUT2D eigenvalue weighted by Gasteiger charge is 2.28. The van der Waals surface area contributed by atoms with Crippen molar-refractivity contribution in [2.45, 2.75) is 26.3 Å². The van der Waals surface area contributed by atoms with E-state index in [-0.39, 0.29) is 12.1 Å². The molecule has 28 heavy (non-hydrogen) atoms. The first-order chi connectivity index (χ1) is 13.4. The average Bonchev–Trinajstić information content (AvgIpc) is 2.84. The Morgan fingerprint density at radius 3 is 2.50 bits per heavy atom. The molecular weight excluding hydrogens is 356 g/mol. The molecule has 148 valence electrons. The van der Waals surface area contributed by atoms with Crippen LogP contribution in [0, 0.1) is 6.92 Å². The second-order valence-electron chi connectivity index (χ2n) is 6.84. The number of nitrogens with zero attached hydrogens (tertiary/aromatic N) is 2. The maximum absolute atomic E-state index is 12.5. The molecule has 0 bridgehead atoms. The molecule has 2 amide bonds. The van der Waals surface area contributed by atoms with Gasteiger partial charge < -0.3 is 20.5 Å². The number of hydrogen-bond donors (Lipinski definition) is 2. The van der Waals surface area contributed by atoms with Crippen molar-refractivity contribution >= 4 is 17.4 Å². The lowest BCUT2D eigenvalue weighted by Gasteiger charge is -2.22. The fourth-order valence-corrected chi connectivity index (χ4v) is 3.37. The van der Waals surface area contributed by atoms with Gasteiger partial charge in [-0.2, -0.15) is 5.10 Å². The molecule has 3 N–H and O–H groups in total. The van der Waals surface area contributed by atoms with Crippen molar-refractivity contribution in [3.63, 3.8) is 0 Å². The topological polar surface area (TPSA) is 89.2 Å². The number of urea groups is 1. The minimum atomic E-state index is -0.260. The van der Waals surface area contributed by atoms with Gasteiger partial charge in [0.05, 0.1) is 26.0 Å². The number of amides is 2. The standard InChI is InChI=1S/C21H26N4O3/c1-12-8-14(6-7-17(12)22)20-16-11-19(28-5)18(27-4)10-15(16)9-13(2)25(24-20)21(26)23-3/h6-8,10-11,13H,9,22H2,1-5H3,(H,23,26)/t13-/m1/s1. The molecule has 0 spiro atoms. The molecule has 2 aromatic rings. The van der Waals surface area contributed by atoms with E-state index >= 15 is 0 Å². The molecule has 0 saturated heterocycles. The number of nitrogens with one attached hydrogen (secondary N) is 1. The molecule has 0 unspecified atom stereocenters. The highest BCUT2D eigenvalue weighted by atomic mass is 16.5. The summed E-state index contributed by atoms with van der Waals surface area (Å²) in [4.78, 5) is 12.5. The Kier molecular flexibility index (Phi) is 5.44. The van der Waals surface area contributed by atoms with Crippen LogP contribution in [0.3, 0.4) is 0 Å². The first-order valence-electron chi connectivity index (χ1n) is 9.10. The molecule has 1 aliphatic rings. The third-order valence-electron chi connectivity index (χ3n) is 4.97. The molecule has 0 aromatic heterocycles. The second kappa shape index (κ2) is 7.80. The van der Waals surface area contributed by atoms with E-state index in [9.17, 15) is 4.79 Å². The number of ether oxygens (including phenoxy) is 2. The van der Waals surface area contributed by atoms with E-state index in [2.05, 4.69) is 5.32 Å². The lowest BCUT2D eigenvalue weighted by atomic mass is 9.93. The number of fused-ring (bicyclic) bond motifs is 1. The molecule has 7 heteroatoms. The summed E-state index contributed by atoms with van der Waals surface area (Å²) in [6.07, 6.45) is 0.629. The molecular formula is C21H26N4O3. The van der Waals surface area contributed by atoms with Crippen molar-refractivity contribution in [1.29, 1.82) is 0 Å². The van der Waals surface area contributed by atoms with Crippen molar-refractivity contribution < 1.29 is 14.3 Å². The van der Waals surface area contributed by atoms with Crippen LogP contribution in [0.25, 0.3) is 0 Å². The first kappa shape index (κ1) is 19.5. The molecule has 0 fully saturated rings. The number of hydrogen-bond acceptors (Lipinski definition) is 5. The summed E-state index contributed by atoms with van der Waals surface area (Å²) in [6, 6.07) is 9.22.